The van der Waals surface area contributed by atoms with Crippen LogP contribution in [0.5, 0.6) is 0 Å². The molecule has 2 aromatic rings. The molecule has 21 heavy (non-hydrogen) atoms. The number of hydrogen-bond acceptors (Lipinski definition) is 5. The Labute approximate surface area is 123 Å². The van der Waals surface area contributed by atoms with Gasteiger partial charge in [0.2, 0.25) is 0 Å². The quantitative estimate of drug-likeness (QED) is 0.671. The van der Waals surface area contributed by atoms with Gasteiger partial charge < -0.3 is 9.64 Å². The second-order valence-electron chi connectivity index (χ2n) is 4.77. The average molecular weight is 283 g/mol. The molecular formula is C16H17N3O2+. The van der Waals surface area contributed by atoms with Crippen molar-refractivity contribution in [3.63, 3.8) is 0 Å². The smallest absolute Gasteiger partial charge is 0.340 e. The minimum Gasteiger partial charge on any atom is -0.457 e. The third-order valence-corrected chi connectivity index (χ3v) is 3.05. The zero-order valence-corrected chi connectivity index (χ0v) is 12.0. The third kappa shape index (κ3) is 3.66. The van der Waals surface area contributed by atoms with E-state index in [1.807, 2.05) is 49.3 Å². The SMILES string of the molecule is CN(C)c1ccc(N=[NH+])c(C(=O)OCc2ccccc2)c1. The molecule has 5 heteroatoms. The van der Waals surface area contributed by atoms with Crippen molar-refractivity contribution in [2.24, 2.45) is 5.11 Å². The standard InChI is InChI=1S/C16H17N3O2/c1-19(2)13-8-9-15(18-17)14(10-13)16(20)21-11-12-6-4-3-5-7-12/h3-10,17H,11H2,1-2H3/q+1. The van der Waals surface area contributed by atoms with E-state index in [2.05, 4.69) is 5.11 Å². The molecule has 0 saturated carbocycles. The molecule has 0 bridgehead atoms. The van der Waals surface area contributed by atoms with Crippen LogP contribution >= 0.6 is 0 Å². The van der Waals surface area contributed by atoms with Crippen LogP contribution in [0.4, 0.5) is 11.4 Å². The van der Waals surface area contributed by atoms with Crippen LogP contribution in [0, 0.1) is 0 Å². The number of anilines is 1. The normalized spacial score (nSPS) is 10.0. The summed E-state index contributed by atoms with van der Waals surface area (Å²) in [4.78, 5) is 14.1. The highest BCUT2D eigenvalue weighted by atomic mass is 16.5. The van der Waals surface area contributed by atoms with E-state index in [0.29, 0.717) is 11.3 Å². The highest BCUT2D eigenvalue weighted by molar-refractivity contribution is 5.96. The van der Waals surface area contributed by atoms with Crippen LogP contribution in [-0.2, 0) is 11.3 Å². The molecule has 1 radical (unpaired) electrons. The number of esters is 1. The summed E-state index contributed by atoms with van der Waals surface area (Å²) in [6.45, 7) is 0.198. The molecule has 5 nitrogen and oxygen atoms in total. The summed E-state index contributed by atoms with van der Waals surface area (Å²) in [6, 6.07) is 14.6. The minimum atomic E-state index is -0.478. The van der Waals surface area contributed by atoms with Gasteiger partial charge in [0.05, 0.1) is 10.7 Å². The molecule has 0 saturated heterocycles. The van der Waals surface area contributed by atoms with Crippen molar-refractivity contribution in [2.75, 3.05) is 19.0 Å². The zero-order chi connectivity index (χ0) is 15.2. The van der Waals surface area contributed by atoms with Gasteiger partial charge in [-0.2, -0.15) is 0 Å². The van der Waals surface area contributed by atoms with E-state index in [-0.39, 0.29) is 6.61 Å². The van der Waals surface area contributed by atoms with Crippen LogP contribution in [0.1, 0.15) is 15.9 Å². The lowest BCUT2D eigenvalue weighted by molar-refractivity contribution is -0.210. The Morgan fingerprint density at radius 3 is 2.52 bits per heavy atom. The van der Waals surface area contributed by atoms with Crippen LogP contribution in [0.2, 0.25) is 0 Å². The number of nitrogens with zero attached hydrogens (tertiary/aromatic N) is 2. The maximum absolute atomic E-state index is 12.2. The molecule has 0 atom stereocenters. The topological polar surface area (TPSA) is 65.7 Å². The van der Waals surface area contributed by atoms with Gasteiger partial charge >= 0.3 is 5.97 Å². The van der Waals surface area contributed by atoms with Crippen LogP contribution in [-0.4, -0.2) is 20.1 Å². The largest absolute Gasteiger partial charge is 0.457 e. The molecule has 0 amide bonds. The van der Waals surface area contributed by atoms with Gasteiger partial charge in [0.15, 0.2) is 5.69 Å². The van der Waals surface area contributed by atoms with Gasteiger partial charge in [-0.1, -0.05) is 30.3 Å². The third-order valence-electron chi connectivity index (χ3n) is 3.05. The van der Waals surface area contributed by atoms with Crippen molar-refractivity contribution in [3.05, 3.63) is 59.7 Å². The molecule has 0 aliphatic carbocycles. The molecule has 0 spiro atoms. The van der Waals surface area contributed by atoms with Crippen LogP contribution in [0.15, 0.2) is 53.6 Å². The van der Waals surface area contributed by atoms with Gasteiger partial charge in [-0.15, -0.1) is 0 Å². The number of carbonyl (C=O) groups is 1. The second kappa shape index (κ2) is 6.65. The minimum absolute atomic E-state index is 0.198. The maximum atomic E-state index is 12.2. The van der Waals surface area contributed by atoms with E-state index in [1.54, 1.807) is 18.2 Å². The number of rotatable bonds is 5. The Balaban J connectivity index is 2.17. The predicted octanol–water partition coefficient (Wildman–Crippen LogP) is 1.74. The van der Waals surface area contributed by atoms with Crippen molar-refractivity contribution in [2.45, 2.75) is 6.61 Å². The lowest BCUT2D eigenvalue weighted by Crippen LogP contribution is -2.23. The molecule has 2 aromatic carbocycles. The first-order valence-corrected chi connectivity index (χ1v) is 6.51. The molecular weight excluding hydrogens is 266 g/mol. The molecule has 0 aliphatic heterocycles. The number of carbonyl (C=O) groups excluding carboxylic acids is 1. The summed E-state index contributed by atoms with van der Waals surface area (Å²) < 4.78 is 5.29. The van der Waals surface area contributed by atoms with E-state index in [9.17, 15) is 4.79 Å². The van der Waals surface area contributed by atoms with E-state index in [0.717, 1.165) is 11.3 Å². The van der Waals surface area contributed by atoms with Crippen molar-refractivity contribution in [1.29, 1.82) is 0 Å². The first-order valence-electron chi connectivity index (χ1n) is 6.51. The average Bonchev–Trinajstić information content (AvgIpc) is 2.52. The molecule has 0 unspecified atom stereocenters. The first kappa shape index (κ1) is 14.7. The molecule has 0 aliphatic rings. The van der Waals surface area contributed by atoms with E-state index >= 15 is 0 Å². The van der Waals surface area contributed by atoms with Crippen LogP contribution in [0.3, 0.4) is 0 Å². The van der Waals surface area contributed by atoms with E-state index in [4.69, 9.17) is 10.3 Å². The molecule has 107 valence electrons. The summed E-state index contributed by atoms with van der Waals surface area (Å²) >= 11 is 0. The van der Waals surface area contributed by atoms with Crippen LogP contribution in [0.25, 0.3) is 0 Å². The monoisotopic (exact) mass is 283 g/mol. The lowest BCUT2D eigenvalue weighted by atomic mass is 10.1. The van der Waals surface area contributed by atoms with E-state index in [1.165, 1.54) is 0 Å². The van der Waals surface area contributed by atoms with Gasteiger partial charge in [-0.25, -0.2) is 4.79 Å². The van der Waals surface area contributed by atoms with Gasteiger partial charge in [0.25, 0.3) is 0 Å². The van der Waals surface area contributed by atoms with Crippen molar-refractivity contribution < 1.29 is 15.1 Å². The number of benzene rings is 2. The fraction of sp³-hybridized carbons (Fsp3) is 0.188. The van der Waals surface area contributed by atoms with Gasteiger partial charge in [0.1, 0.15) is 12.1 Å². The van der Waals surface area contributed by atoms with Crippen LogP contribution < -0.4 is 10.4 Å². The zero-order valence-electron chi connectivity index (χ0n) is 12.0. The Kier molecular flexibility index (Phi) is 4.66. The number of hydrogen-bond donors (Lipinski definition) is 1. The summed E-state index contributed by atoms with van der Waals surface area (Å²) in [6.07, 6.45) is 0. The van der Waals surface area contributed by atoms with Crippen molar-refractivity contribution >= 4 is 17.3 Å². The Hall–Kier alpha value is -2.69. The lowest BCUT2D eigenvalue weighted by Gasteiger charge is -2.13. The number of nitrogens with one attached hydrogen (secondary N) is 1. The Bertz CT molecular complexity index is 639. The maximum Gasteiger partial charge on any atom is 0.340 e. The predicted molar refractivity (Wildman–Crippen MR) is 79.4 cm³/mol. The number of ether oxygens (including phenoxy) is 1. The van der Waals surface area contributed by atoms with Crippen molar-refractivity contribution in [1.82, 2.24) is 0 Å². The molecule has 0 heterocycles. The molecule has 1 N–H and O–H groups in total. The highest BCUT2D eigenvalue weighted by Gasteiger charge is 2.16. The molecule has 2 rings (SSSR count). The summed E-state index contributed by atoms with van der Waals surface area (Å²) in [5.74, 6) is -0.478. The Morgan fingerprint density at radius 1 is 1.19 bits per heavy atom. The second-order valence-corrected chi connectivity index (χ2v) is 4.77. The highest BCUT2D eigenvalue weighted by Crippen LogP contribution is 2.24. The van der Waals surface area contributed by atoms with Gasteiger partial charge in [-0.05, 0) is 23.8 Å². The molecule has 0 aromatic heterocycles. The van der Waals surface area contributed by atoms with Gasteiger partial charge in [0, 0.05) is 19.8 Å². The van der Waals surface area contributed by atoms with Gasteiger partial charge in [-0.3, -0.25) is 0 Å². The molecule has 0 fully saturated rings. The Morgan fingerprint density at radius 2 is 1.90 bits per heavy atom. The summed E-state index contributed by atoms with van der Waals surface area (Å²) in [5, 5.41) is 3.38. The first-order chi connectivity index (χ1) is 10.1. The van der Waals surface area contributed by atoms with E-state index < -0.39 is 5.97 Å². The fourth-order valence-corrected chi connectivity index (χ4v) is 1.86. The summed E-state index contributed by atoms with van der Waals surface area (Å²) in [5.41, 5.74) is 9.53. The fourth-order valence-electron chi connectivity index (χ4n) is 1.86. The van der Waals surface area contributed by atoms with Crippen molar-refractivity contribution in [3.8, 4) is 0 Å². The summed E-state index contributed by atoms with van der Waals surface area (Å²) in [7, 11) is 3.76.